The third kappa shape index (κ3) is 2.81. The van der Waals surface area contributed by atoms with Crippen molar-refractivity contribution in [2.45, 2.75) is 38.9 Å². The highest BCUT2D eigenvalue weighted by atomic mass is 16.5. The summed E-state index contributed by atoms with van der Waals surface area (Å²) in [4.78, 5) is 2.48. The summed E-state index contributed by atoms with van der Waals surface area (Å²) in [6.07, 6.45) is 0.903. The Balaban J connectivity index is 1.94. The van der Waals surface area contributed by atoms with Gasteiger partial charge in [-0.2, -0.15) is 0 Å². The molecule has 0 bridgehead atoms. The van der Waals surface area contributed by atoms with Crippen molar-refractivity contribution >= 4 is 0 Å². The normalized spacial score (nSPS) is 17.0. The molecular formula is C19H23NO2. The third-order valence-corrected chi connectivity index (χ3v) is 4.55. The molecule has 0 aromatic heterocycles. The number of fused-ring (bicyclic) bond motifs is 1. The minimum atomic E-state index is 0.0433. The molecule has 3 nitrogen and oxygen atoms in total. The Labute approximate surface area is 132 Å². The molecule has 0 unspecified atom stereocenters. The van der Waals surface area contributed by atoms with Crippen LogP contribution in [-0.4, -0.2) is 22.7 Å². The standard InChI is InChI=1S/C19H23NO2/c1-19(2)11-15-9-16(21)10-18(22-3)17(15)13-20(19)12-14-7-5-4-6-8-14/h4-10,21H,11-13H2,1-3H3. The zero-order chi connectivity index (χ0) is 15.7. The van der Waals surface area contributed by atoms with Crippen molar-refractivity contribution in [2.75, 3.05) is 7.11 Å². The van der Waals surface area contributed by atoms with Crippen LogP contribution in [0.2, 0.25) is 0 Å². The van der Waals surface area contributed by atoms with Crippen molar-refractivity contribution in [3.63, 3.8) is 0 Å². The van der Waals surface area contributed by atoms with Crippen LogP contribution in [0.5, 0.6) is 11.5 Å². The molecule has 0 radical (unpaired) electrons. The van der Waals surface area contributed by atoms with E-state index in [1.54, 1.807) is 13.2 Å². The third-order valence-electron chi connectivity index (χ3n) is 4.55. The molecule has 116 valence electrons. The summed E-state index contributed by atoms with van der Waals surface area (Å²) in [6.45, 7) is 6.27. The fraction of sp³-hybridized carbons (Fsp3) is 0.368. The van der Waals surface area contributed by atoms with Gasteiger partial charge in [-0.15, -0.1) is 0 Å². The van der Waals surface area contributed by atoms with Crippen molar-refractivity contribution in [1.82, 2.24) is 4.90 Å². The van der Waals surface area contributed by atoms with E-state index in [0.717, 1.165) is 25.3 Å². The first kappa shape index (κ1) is 14.9. The number of hydrogen-bond donors (Lipinski definition) is 1. The van der Waals surface area contributed by atoms with E-state index < -0.39 is 0 Å². The van der Waals surface area contributed by atoms with E-state index in [2.05, 4.69) is 43.0 Å². The van der Waals surface area contributed by atoms with Crippen molar-refractivity contribution in [1.29, 1.82) is 0 Å². The highest BCUT2D eigenvalue weighted by molar-refractivity contribution is 5.48. The monoisotopic (exact) mass is 297 g/mol. The summed E-state index contributed by atoms with van der Waals surface area (Å²) < 4.78 is 5.47. The summed E-state index contributed by atoms with van der Waals surface area (Å²) in [5, 5.41) is 9.88. The van der Waals surface area contributed by atoms with Crippen LogP contribution in [-0.2, 0) is 19.5 Å². The van der Waals surface area contributed by atoms with Gasteiger partial charge in [-0.05, 0) is 37.5 Å². The summed E-state index contributed by atoms with van der Waals surface area (Å²) in [5.74, 6) is 1.06. The molecule has 22 heavy (non-hydrogen) atoms. The van der Waals surface area contributed by atoms with Crippen LogP contribution >= 0.6 is 0 Å². The van der Waals surface area contributed by atoms with Crippen LogP contribution in [0, 0.1) is 0 Å². The highest BCUT2D eigenvalue weighted by Crippen LogP contribution is 2.38. The first-order chi connectivity index (χ1) is 10.5. The smallest absolute Gasteiger partial charge is 0.127 e. The van der Waals surface area contributed by atoms with Gasteiger partial charge in [0.25, 0.3) is 0 Å². The molecular weight excluding hydrogens is 274 g/mol. The lowest BCUT2D eigenvalue weighted by atomic mass is 9.84. The van der Waals surface area contributed by atoms with Crippen molar-refractivity contribution in [2.24, 2.45) is 0 Å². The van der Waals surface area contributed by atoms with Crippen LogP contribution < -0.4 is 4.74 Å². The number of ether oxygens (including phenoxy) is 1. The Morgan fingerprint density at radius 2 is 1.91 bits per heavy atom. The first-order valence-electron chi connectivity index (χ1n) is 7.67. The molecule has 0 fully saturated rings. The Bertz CT molecular complexity index is 665. The van der Waals surface area contributed by atoms with E-state index >= 15 is 0 Å². The number of phenolic OH excluding ortho intramolecular Hbond substituents is 1. The molecule has 1 N–H and O–H groups in total. The van der Waals surface area contributed by atoms with Crippen LogP contribution in [0.1, 0.15) is 30.5 Å². The lowest BCUT2D eigenvalue weighted by molar-refractivity contribution is 0.0874. The molecule has 2 aromatic carbocycles. The zero-order valence-corrected chi connectivity index (χ0v) is 13.5. The largest absolute Gasteiger partial charge is 0.508 e. The summed E-state index contributed by atoms with van der Waals surface area (Å²) in [5.41, 5.74) is 3.74. The van der Waals surface area contributed by atoms with E-state index in [1.807, 2.05) is 12.1 Å². The van der Waals surface area contributed by atoms with Crippen LogP contribution in [0.25, 0.3) is 0 Å². The van der Waals surface area contributed by atoms with Gasteiger partial charge in [-0.3, -0.25) is 4.90 Å². The number of rotatable bonds is 3. The zero-order valence-electron chi connectivity index (χ0n) is 13.5. The molecule has 3 rings (SSSR count). The van der Waals surface area contributed by atoms with E-state index in [9.17, 15) is 5.11 Å². The number of methoxy groups -OCH3 is 1. The molecule has 0 amide bonds. The quantitative estimate of drug-likeness (QED) is 0.937. The second-order valence-electron chi connectivity index (χ2n) is 6.62. The summed E-state index contributed by atoms with van der Waals surface area (Å²) >= 11 is 0. The van der Waals surface area contributed by atoms with Gasteiger partial charge >= 0.3 is 0 Å². The van der Waals surface area contributed by atoms with Gasteiger partial charge in [0.15, 0.2) is 0 Å². The summed E-state index contributed by atoms with van der Waals surface area (Å²) in [7, 11) is 1.66. The molecule has 3 heteroatoms. The molecule has 0 saturated heterocycles. The van der Waals surface area contributed by atoms with Gasteiger partial charge < -0.3 is 9.84 Å². The maximum atomic E-state index is 9.88. The van der Waals surface area contributed by atoms with E-state index in [0.29, 0.717) is 0 Å². The number of phenols is 1. The number of benzene rings is 2. The van der Waals surface area contributed by atoms with Crippen LogP contribution in [0.3, 0.4) is 0 Å². The van der Waals surface area contributed by atoms with Crippen molar-refractivity contribution < 1.29 is 9.84 Å². The van der Waals surface area contributed by atoms with E-state index in [-0.39, 0.29) is 11.3 Å². The van der Waals surface area contributed by atoms with Crippen LogP contribution in [0.15, 0.2) is 42.5 Å². The predicted octanol–water partition coefficient (Wildman–Crippen LogP) is 3.74. The molecule has 1 aliphatic rings. The predicted molar refractivity (Wildman–Crippen MR) is 88.1 cm³/mol. The Morgan fingerprint density at radius 3 is 2.59 bits per heavy atom. The second kappa shape index (κ2) is 5.65. The molecule has 0 aliphatic carbocycles. The minimum Gasteiger partial charge on any atom is -0.508 e. The Kier molecular flexibility index (Phi) is 3.83. The molecule has 1 heterocycles. The highest BCUT2D eigenvalue weighted by Gasteiger charge is 2.34. The van der Waals surface area contributed by atoms with Crippen molar-refractivity contribution in [3.05, 3.63) is 59.2 Å². The Morgan fingerprint density at radius 1 is 1.18 bits per heavy atom. The molecule has 2 aromatic rings. The fourth-order valence-corrected chi connectivity index (χ4v) is 3.26. The average Bonchev–Trinajstić information content (AvgIpc) is 2.48. The topological polar surface area (TPSA) is 32.7 Å². The SMILES string of the molecule is COc1cc(O)cc2c1CN(Cc1ccccc1)C(C)(C)C2. The molecule has 0 atom stereocenters. The van der Waals surface area contributed by atoms with Gasteiger partial charge in [0.1, 0.15) is 11.5 Å². The average molecular weight is 297 g/mol. The second-order valence-corrected chi connectivity index (χ2v) is 6.62. The van der Waals surface area contributed by atoms with Gasteiger partial charge in [-0.25, -0.2) is 0 Å². The van der Waals surface area contributed by atoms with E-state index in [1.165, 1.54) is 16.7 Å². The van der Waals surface area contributed by atoms with Gasteiger partial charge in [-0.1, -0.05) is 30.3 Å². The lowest BCUT2D eigenvalue weighted by Gasteiger charge is -2.43. The number of hydrogen-bond acceptors (Lipinski definition) is 3. The van der Waals surface area contributed by atoms with Crippen molar-refractivity contribution in [3.8, 4) is 11.5 Å². The maximum Gasteiger partial charge on any atom is 0.127 e. The molecule has 1 aliphatic heterocycles. The number of aromatic hydroxyl groups is 1. The first-order valence-corrected chi connectivity index (χ1v) is 7.67. The fourth-order valence-electron chi connectivity index (χ4n) is 3.26. The number of nitrogens with zero attached hydrogens (tertiary/aromatic N) is 1. The minimum absolute atomic E-state index is 0.0433. The van der Waals surface area contributed by atoms with Gasteiger partial charge in [0, 0.05) is 30.3 Å². The van der Waals surface area contributed by atoms with Crippen LogP contribution in [0.4, 0.5) is 0 Å². The lowest BCUT2D eigenvalue weighted by Crippen LogP contribution is -2.47. The maximum absolute atomic E-state index is 9.88. The summed E-state index contributed by atoms with van der Waals surface area (Å²) in [6, 6.07) is 14.1. The molecule has 0 saturated carbocycles. The Hall–Kier alpha value is -2.00. The molecule has 0 spiro atoms. The van der Waals surface area contributed by atoms with Gasteiger partial charge in [0.2, 0.25) is 0 Å². The van der Waals surface area contributed by atoms with Gasteiger partial charge in [0.05, 0.1) is 7.11 Å². The van der Waals surface area contributed by atoms with E-state index in [4.69, 9.17) is 4.74 Å².